The minimum absolute atomic E-state index is 0.286. The maximum absolute atomic E-state index is 12.3. The number of phenolic OH excluding ortho intramolecular Hbond substituents is 3. The fraction of sp³-hybridized carbons (Fsp3) is 0.385. The van der Waals surface area contributed by atoms with Crippen LogP contribution in [0.2, 0.25) is 0 Å². The van der Waals surface area contributed by atoms with E-state index in [4.69, 9.17) is 5.11 Å². The molecule has 10 heteroatoms. The summed E-state index contributed by atoms with van der Waals surface area (Å²) >= 11 is 0. The van der Waals surface area contributed by atoms with Crippen LogP contribution in [-0.4, -0.2) is 83.4 Å². The van der Waals surface area contributed by atoms with Crippen LogP contribution in [0.25, 0.3) is 0 Å². The largest absolute Gasteiger partial charge is 0.504 e. The van der Waals surface area contributed by atoms with Gasteiger partial charge in [-0.15, -0.1) is 0 Å². The van der Waals surface area contributed by atoms with Gasteiger partial charge in [-0.05, 0) is 12.1 Å². The third kappa shape index (κ3) is 3.25. The van der Waals surface area contributed by atoms with E-state index in [0.717, 1.165) is 0 Å². The Bertz CT molecular complexity index is 577. The maximum Gasteiger partial charge on any atom is 0.200 e. The van der Waals surface area contributed by atoms with Crippen LogP contribution in [-0.2, 0) is 4.79 Å². The molecule has 0 bridgehead atoms. The molecule has 23 heavy (non-hydrogen) atoms. The Labute approximate surface area is 129 Å². The molecule has 0 amide bonds. The van der Waals surface area contributed by atoms with Crippen molar-refractivity contribution in [3.63, 3.8) is 0 Å². The standard InChI is InChI=1S/C13H16O10/c14-3-8(18)12(22)13(23,9(19)4-15)11(21)5-1-6(16)10(20)7(17)2-5/h1-2,4,8-9,12,14,16-20,22-23H,3H2/t8-,9+,12-,13+/m1/s1. The normalized spacial score (nSPS) is 17.8. The Morgan fingerprint density at radius 1 is 1.13 bits per heavy atom. The van der Waals surface area contributed by atoms with Crippen LogP contribution in [0.5, 0.6) is 17.2 Å². The van der Waals surface area contributed by atoms with Crippen LogP contribution >= 0.6 is 0 Å². The van der Waals surface area contributed by atoms with Gasteiger partial charge in [-0.25, -0.2) is 0 Å². The lowest BCUT2D eigenvalue weighted by molar-refractivity contribution is -0.161. The zero-order valence-electron chi connectivity index (χ0n) is 11.6. The van der Waals surface area contributed by atoms with E-state index >= 15 is 0 Å². The zero-order chi connectivity index (χ0) is 17.9. The highest BCUT2D eigenvalue weighted by atomic mass is 16.4. The number of rotatable bonds is 7. The van der Waals surface area contributed by atoms with Crippen LogP contribution in [0, 0.1) is 0 Å². The Kier molecular flexibility index (Phi) is 5.64. The van der Waals surface area contributed by atoms with Crippen molar-refractivity contribution < 1.29 is 50.4 Å². The number of ketones is 1. The summed E-state index contributed by atoms with van der Waals surface area (Å²) in [6.07, 6.45) is -7.34. The molecule has 0 aliphatic carbocycles. The SMILES string of the molecule is O=C[C@H](O)[C@](O)(C(=O)c1cc(O)c(O)c(O)c1)[C@H](O)[C@H](O)CO. The molecule has 0 aromatic heterocycles. The molecular formula is C13H16O10. The van der Waals surface area contributed by atoms with Crippen molar-refractivity contribution in [1.82, 2.24) is 0 Å². The summed E-state index contributed by atoms with van der Waals surface area (Å²) in [6, 6.07) is 1.19. The Hall–Kier alpha value is -2.24. The third-order valence-corrected chi connectivity index (χ3v) is 3.28. The van der Waals surface area contributed by atoms with Gasteiger partial charge in [0.15, 0.2) is 29.1 Å². The van der Waals surface area contributed by atoms with E-state index in [1.807, 2.05) is 0 Å². The van der Waals surface area contributed by atoms with Gasteiger partial charge in [-0.3, -0.25) is 4.79 Å². The summed E-state index contributed by atoms with van der Waals surface area (Å²) in [5.74, 6) is -4.42. The lowest BCUT2D eigenvalue weighted by atomic mass is 9.80. The van der Waals surface area contributed by atoms with Crippen LogP contribution in [0.1, 0.15) is 10.4 Å². The second-order valence-corrected chi connectivity index (χ2v) is 4.79. The predicted octanol–water partition coefficient (Wildman–Crippen LogP) is -3.01. The van der Waals surface area contributed by atoms with Crippen molar-refractivity contribution in [2.45, 2.75) is 23.9 Å². The molecular weight excluding hydrogens is 316 g/mol. The number of carbonyl (C=O) groups excluding carboxylic acids is 2. The molecule has 0 unspecified atom stereocenters. The van der Waals surface area contributed by atoms with Crippen molar-refractivity contribution in [1.29, 1.82) is 0 Å². The van der Waals surface area contributed by atoms with Gasteiger partial charge in [0.05, 0.1) is 6.61 Å². The van der Waals surface area contributed by atoms with Crippen molar-refractivity contribution in [3.8, 4) is 17.2 Å². The summed E-state index contributed by atoms with van der Waals surface area (Å²) in [5.41, 5.74) is -3.97. The van der Waals surface area contributed by atoms with E-state index in [2.05, 4.69) is 0 Å². The number of aliphatic hydroxyl groups excluding tert-OH is 4. The summed E-state index contributed by atoms with van der Waals surface area (Å²) in [7, 11) is 0. The van der Waals surface area contributed by atoms with Crippen LogP contribution in [0.15, 0.2) is 12.1 Å². The molecule has 4 atom stereocenters. The van der Waals surface area contributed by atoms with E-state index < -0.39 is 59.1 Å². The topological polar surface area (TPSA) is 196 Å². The number of aliphatic hydroxyl groups is 5. The second-order valence-electron chi connectivity index (χ2n) is 4.79. The van der Waals surface area contributed by atoms with Crippen LogP contribution in [0.4, 0.5) is 0 Å². The molecule has 10 nitrogen and oxygen atoms in total. The first-order chi connectivity index (χ1) is 10.6. The van der Waals surface area contributed by atoms with Crippen molar-refractivity contribution >= 4 is 12.1 Å². The lowest BCUT2D eigenvalue weighted by Gasteiger charge is -2.35. The van der Waals surface area contributed by atoms with E-state index in [-0.39, 0.29) is 6.29 Å². The molecule has 0 radical (unpaired) electrons. The third-order valence-electron chi connectivity index (χ3n) is 3.28. The van der Waals surface area contributed by atoms with Gasteiger partial charge in [-0.2, -0.15) is 0 Å². The Morgan fingerprint density at radius 3 is 2.00 bits per heavy atom. The number of aromatic hydroxyl groups is 3. The molecule has 0 fully saturated rings. The van der Waals surface area contributed by atoms with Gasteiger partial charge in [0.1, 0.15) is 18.3 Å². The van der Waals surface area contributed by atoms with Crippen LogP contribution < -0.4 is 0 Å². The number of phenols is 3. The van der Waals surface area contributed by atoms with E-state index in [9.17, 15) is 45.3 Å². The van der Waals surface area contributed by atoms with Crippen LogP contribution in [0.3, 0.4) is 0 Å². The second kappa shape index (κ2) is 6.89. The molecule has 1 aromatic carbocycles. The molecule has 0 aliphatic heterocycles. The minimum Gasteiger partial charge on any atom is -0.504 e. The van der Waals surface area contributed by atoms with Gasteiger partial charge in [0.25, 0.3) is 0 Å². The lowest BCUT2D eigenvalue weighted by Crippen LogP contribution is -2.62. The summed E-state index contributed by atoms with van der Waals surface area (Å²) in [5, 5.41) is 75.7. The van der Waals surface area contributed by atoms with E-state index in [1.165, 1.54) is 0 Å². The first kappa shape index (κ1) is 18.8. The van der Waals surface area contributed by atoms with Gasteiger partial charge in [0, 0.05) is 5.56 Å². The molecule has 8 N–H and O–H groups in total. The van der Waals surface area contributed by atoms with Gasteiger partial charge in [-0.1, -0.05) is 0 Å². The van der Waals surface area contributed by atoms with Gasteiger partial charge >= 0.3 is 0 Å². The van der Waals surface area contributed by atoms with E-state index in [0.29, 0.717) is 12.1 Å². The predicted molar refractivity (Wildman–Crippen MR) is 71.9 cm³/mol. The zero-order valence-corrected chi connectivity index (χ0v) is 11.6. The highest BCUT2D eigenvalue weighted by Gasteiger charge is 2.52. The fourth-order valence-electron chi connectivity index (χ4n) is 1.91. The molecule has 0 spiro atoms. The first-order valence-corrected chi connectivity index (χ1v) is 6.23. The molecule has 1 aromatic rings. The van der Waals surface area contributed by atoms with E-state index in [1.54, 1.807) is 0 Å². The van der Waals surface area contributed by atoms with Crippen molar-refractivity contribution in [2.24, 2.45) is 0 Å². The molecule has 1 rings (SSSR count). The number of aldehydes is 1. The number of Topliss-reactive ketones (excluding diaryl/α,β-unsaturated/α-hetero) is 1. The summed E-state index contributed by atoms with van der Waals surface area (Å²) in [4.78, 5) is 23.1. The Balaban J connectivity index is 3.43. The molecule has 0 saturated carbocycles. The Morgan fingerprint density at radius 2 is 1.61 bits per heavy atom. The highest BCUT2D eigenvalue weighted by molar-refractivity contribution is 6.05. The van der Waals surface area contributed by atoms with Gasteiger partial charge in [0.2, 0.25) is 5.78 Å². The average molecular weight is 332 g/mol. The minimum atomic E-state index is -3.28. The molecule has 0 aliphatic rings. The molecule has 128 valence electrons. The number of hydrogen-bond donors (Lipinski definition) is 8. The number of hydrogen-bond acceptors (Lipinski definition) is 10. The van der Waals surface area contributed by atoms with Crippen molar-refractivity contribution in [3.05, 3.63) is 17.7 Å². The quantitative estimate of drug-likeness (QED) is 0.145. The average Bonchev–Trinajstić information content (AvgIpc) is 2.55. The molecule has 0 heterocycles. The number of carbonyl (C=O) groups is 2. The summed E-state index contributed by atoms with van der Waals surface area (Å²) in [6.45, 7) is -1.10. The maximum atomic E-state index is 12.3. The molecule has 0 saturated heterocycles. The smallest absolute Gasteiger partial charge is 0.200 e. The fourth-order valence-corrected chi connectivity index (χ4v) is 1.91. The first-order valence-electron chi connectivity index (χ1n) is 6.23. The highest BCUT2D eigenvalue weighted by Crippen LogP contribution is 2.37. The monoisotopic (exact) mass is 332 g/mol. The summed E-state index contributed by atoms with van der Waals surface area (Å²) < 4.78 is 0. The van der Waals surface area contributed by atoms with Crippen molar-refractivity contribution in [2.75, 3.05) is 6.61 Å². The number of benzene rings is 1. The van der Waals surface area contributed by atoms with Gasteiger partial charge < -0.3 is 45.6 Å².